The van der Waals surface area contributed by atoms with Crippen molar-refractivity contribution in [3.05, 3.63) is 59.7 Å². The molecule has 0 saturated carbocycles. The molecule has 0 aliphatic rings. The van der Waals surface area contributed by atoms with Crippen LogP contribution in [-0.4, -0.2) is 36.8 Å². The fourth-order valence-corrected chi connectivity index (χ4v) is 4.48. The second-order valence-electron chi connectivity index (χ2n) is 7.10. The number of nitrogens with one attached hydrogen (secondary N) is 1. The monoisotopic (exact) mass is 449 g/mol. The van der Waals surface area contributed by atoms with E-state index >= 15 is 0 Å². The molecule has 2 heterocycles. The molecule has 0 unspecified atom stereocenters. The minimum atomic E-state index is 0.604. The molecule has 7 heteroatoms. The molecular weight excluding hydrogens is 422 g/mol. The molecule has 166 valence electrons. The molecular formula is C25H27N3O3S. The number of benzene rings is 2. The molecule has 6 nitrogen and oxygen atoms in total. The van der Waals surface area contributed by atoms with Crippen LogP contribution in [0.4, 0.5) is 5.82 Å². The van der Waals surface area contributed by atoms with Gasteiger partial charge >= 0.3 is 0 Å². The van der Waals surface area contributed by atoms with Crippen LogP contribution in [0.25, 0.3) is 21.3 Å². The third-order valence-electron chi connectivity index (χ3n) is 5.09. The van der Waals surface area contributed by atoms with Gasteiger partial charge in [-0.2, -0.15) is 0 Å². The van der Waals surface area contributed by atoms with Gasteiger partial charge in [0.1, 0.15) is 22.7 Å². The van der Waals surface area contributed by atoms with Gasteiger partial charge in [0.15, 0.2) is 11.5 Å². The zero-order chi connectivity index (χ0) is 22.3. The number of hydrogen-bond acceptors (Lipinski definition) is 7. The number of ether oxygens (including phenoxy) is 3. The predicted octanol–water partition coefficient (Wildman–Crippen LogP) is 5.82. The SMILES string of the molecule is CCOc1ccc(CCNc2ncnc3scc(-c4ccc(OC)cc4)c23)cc1OCC. The molecule has 2 aromatic heterocycles. The number of thiophene rings is 1. The lowest BCUT2D eigenvalue weighted by atomic mass is 10.1. The normalized spacial score (nSPS) is 10.8. The number of methoxy groups -OCH3 is 1. The minimum absolute atomic E-state index is 0.604. The van der Waals surface area contributed by atoms with Crippen LogP contribution in [-0.2, 0) is 6.42 Å². The van der Waals surface area contributed by atoms with Crippen LogP contribution in [0.3, 0.4) is 0 Å². The van der Waals surface area contributed by atoms with Gasteiger partial charge in [0.2, 0.25) is 0 Å². The topological polar surface area (TPSA) is 65.5 Å². The molecule has 0 atom stereocenters. The van der Waals surface area contributed by atoms with Gasteiger partial charge < -0.3 is 19.5 Å². The van der Waals surface area contributed by atoms with Crippen molar-refractivity contribution in [1.29, 1.82) is 0 Å². The summed E-state index contributed by atoms with van der Waals surface area (Å²) in [5, 5.41) is 6.68. The molecule has 0 radical (unpaired) electrons. The maximum absolute atomic E-state index is 5.75. The molecule has 4 rings (SSSR count). The quantitative estimate of drug-likeness (QED) is 0.329. The average molecular weight is 450 g/mol. The number of aromatic nitrogens is 2. The first-order valence-corrected chi connectivity index (χ1v) is 11.6. The lowest BCUT2D eigenvalue weighted by Crippen LogP contribution is -2.07. The van der Waals surface area contributed by atoms with E-state index in [-0.39, 0.29) is 0 Å². The molecule has 0 fully saturated rings. The maximum Gasteiger partial charge on any atom is 0.161 e. The van der Waals surface area contributed by atoms with Gasteiger partial charge in [0.05, 0.1) is 25.7 Å². The molecule has 4 aromatic rings. The highest BCUT2D eigenvalue weighted by molar-refractivity contribution is 7.17. The van der Waals surface area contributed by atoms with Crippen molar-refractivity contribution in [2.75, 3.05) is 32.2 Å². The summed E-state index contributed by atoms with van der Waals surface area (Å²) in [6.07, 6.45) is 2.45. The van der Waals surface area contributed by atoms with Gasteiger partial charge in [-0.25, -0.2) is 9.97 Å². The second kappa shape index (κ2) is 10.3. The number of rotatable bonds is 10. The lowest BCUT2D eigenvalue weighted by Gasteiger charge is -2.13. The smallest absolute Gasteiger partial charge is 0.161 e. The van der Waals surface area contributed by atoms with E-state index in [1.165, 1.54) is 5.56 Å². The van der Waals surface area contributed by atoms with Gasteiger partial charge in [0.25, 0.3) is 0 Å². The number of hydrogen-bond donors (Lipinski definition) is 1. The van der Waals surface area contributed by atoms with Crippen molar-refractivity contribution in [2.45, 2.75) is 20.3 Å². The van der Waals surface area contributed by atoms with Gasteiger partial charge in [0, 0.05) is 17.5 Å². The largest absolute Gasteiger partial charge is 0.497 e. The van der Waals surface area contributed by atoms with Gasteiger partial charge in [-0.1, -0.05) is 18.2 Å². The highest BCUT2D eigenvalue weighted by Crippen LogP contribution is 2.37. The highest BCUT2D eigenvalue weighted by atomic mass is 32.1. The summed E-state index contributed by atoms with van der Waals surface area (Å²) < 4.78 is 16.7. The Labute approximate surface area is 192 Å². The van der Waals surface area contributed by atoms with E-state index in [2.05, 4.69) is 44.9 Å². The Morgan fingerprint density at radius 2 is 1.72 bits per heavy atom. The molecule has 0 bridgehead atoms. The van der Waals surface area contributed by atoms with Crippen molar-refractivity contribution in [2.24, 2.45) is 0 Å². The lowest BCUT2D eigenvalue weighted by molar-refractivity contribution is 0.287. The molecule has 0 amide bonds. The minimum Gasteiger partial charge on any atom is -0.497 e. The van der Waals surface area contributed by atoms with E-state index in [1.54, 1.807) is 24.8 Å². The summed E-state index contributed by atoms with van der Waals surface area (Å²) in [4.78, 5) is 9.96. The van der Waals surface area contributed by atoms with Crippen LogP contribution in [0.2, 0.25) is 0 Å². The van der Waals surface area contributed by atoms with E-state index in [0.717, 1.165) is 57.4 Å². The summed E-state index contributed by atoms with van der Waals surface area (Å²) in [5.74, 6) is 3.25. The first-order valence-electron chi connectivity index (χ1n) is 10.7. The molecule has 0 aliphatic heterocycles. The average Bonchev–Trinajstić information content (AvgIpc) is 3.26. The summed E-state index contributed by atoms with van der Waals surface area (Å²) in [6.45, 7) is 5.91. The van der Waals surface area contributed by atoms with E-state index < -0.39 is 0 Å². The van der Waals surface area contributed by atoms with E-state index in [9.17, 15) is 0 Å². The van der Waals surface area contributed by atoms with Crippen molar-refractivity contribution < 1.29 is 14.2 Å². The Bertz CT molecular complexity index is 1170. The third kappa shape index (κ3) is 4.78. The van der Waals surface area contributed by atoms with E-state index in [4.69, 9.17) is 14.2 Å². The van der Waals surface area contributed by atoms with E-state index in [0.29, 0.717) is 13.2 Å². The molecule has 0 saturated heterocycles. The Balaban J connectivity index is 1.52. The Morgan fingerprint density at radius 1 is 0.938 bits per heavy atom. The molecule has 32 heavy (non-hydrogen) atoms. The summed E-state index contributed by atoms with van der Waals surface area (Å²) in [7, 11) is 1.67. The first kappa shape index (κ1) is 21.9. The Kier molecular flexibility index (Phi) is 7.07. The maximum atomic E-state index is 5.75. The van der Waals surface area contributed by atoms with Gasteiger partial charge in [-0.15, -0.1) is 11.3 Å². The van der Waals surface area contributed by atoms with Crippen molar-refractivity contribution >= 4 is 27.4 Å². The van der Waals surface area contributed by atoms with Crippen molar-refractivity contribution in [3.8, 4) is 28.4 Å². The standard InChI is InChI=1S/C25H27N3O3S/c1-4-30-21-11-6-17(14-22(21)31-5-2)12-13-26-24-23-20(15-32-25(23)28-16-27-24)18-7-9-19(29-3)10-8-18/h6-11,14-16H,4-5,12-13H2,1-3H3,(H,26,27,28). The number of anilines is 1. The van der Waals surface area contributed by atoms with Gasteiger partial charge in [-0.3, -0.25) is 0 Å². The molecule has 1 N–H and O–H groups in total. The zero-order valence-electron chi connectivity index (χ0n) is 18.6. The molecule has 2 aromatic carbocycles. The first-order chi connectivity index (χ1) is 15.7. The summed E-state index contributed by atoms with van der Waals surface area (Å²) in [5.41, 5.74) is 3.41. The number of nitrogens with zero attached hydrogens (tertiary/aromatic N) is 2. The Morgan fingerprint density at radius 3 is 2.47 bits per heavy atom. The van der Waals surface area contributed by atoms with E-state index in [1.807, 2.05) is 32.0 Å². The van der Waals surface area contributed by atoms with Crippen LogP contribution >= 0.6 is 11.3 Å². The summed E-state index contributed by atoms with van der Waals surface area (Å²) in [6, 6.07) is 14.2. The van der Waals surface area contributed by atoms with Gasteiger partial charge in [-0.05, 0) is 55.7 Å². The second-order valence-corrected chi connectivity index (χ2v) is 7.96. The molecule has 0 aliphatic carbocycles. The van der Waals surface area contributed by atoms with Crippen LogP contribution in [0.5, 0.6) is 17.2 Å². The summed E-state index contributed by atoms with van der Waals surface area (Å²) >= 11 is 1.62. The van der Waals surface area contributed by atoms with Crippen LogP contribution < -0.4 is 19.5 Å². The molecule has 0 spiro atoms. The van der Waals surface area contributed by atoms with Crippen molar-refractivity contribution in [3.63, 3.8) is 0 Å². The fourth-order valence-electron chi connectivity index (χ4n) is 3.57. The Hall–Kier alpha value is -3.32. The fraction of sp³-hybridized carbons (Fsp3) is 0.280. The van der Waals surface area contributed by atoms with Crippen molar-refractivity contribution in [1.82, 2.24) is 9.97 Å². The third-order valence-corrected chi connectivity index (χ3v) is 5.97. The van der Waals surface area contributed by atoms with Crippen LogP contribution in [0, 0.1) is 0 Å². The highest BCUT2D eigenvalue weighted by Gasteiger charge is 2.13. The zero-order valence-corrected chi connectivity index (χ0v) is 19.4. The van der Waals surface area contributed by atoms with Crippen LogP contribution in [0.1, 0.15) is 19.4 Å². The predicted molar refractivity (Wildman–Crippen MR) is 130 cm³/mol. The van der Waals surface area contributed by atoms with Crippen LogP contribution in [0.15, 0.2) is 54.2 Å². The number of fused-ring (bicyclic) bond motifs is 1.